The first-order valence-corrected chi connectivity index (χ1v) is 5.38. The molecule has 0 aliphatic heterocycles. The van der Waals surface area contributed by atoms with Gasteiger partial charge >= 0.3 is 0 Å². The molecule has 4 unspecified atom stereocenters. The maximum atomic E-state index is 3.42. The Balaban J connectivity index is 2.48. The summed E-state index contributed by atoms with van der Waals surface area (Å²) in [5.74, 6) is 2.76. The van der Waals surface area contributed by atoms with Crippen molar-refractivity contribution in [2.24, 2.45) is 17.8 Å². The van der Waals surface area contributed by atoms with E-state index in [0.717, 1.165) is 23.8 Å². The van der Waals surface area contributed by atoms with Crippen LogP contribution in [0.15, 0.2) is 0 Å². The minimum Gasteiger partial charge on any atom is -0.317 e. The van der Waals surface area contributed by atoms with Crippen molar-refractivity contribution < 1.29 is 0 Å². The molecule has 12 heavy (non-hydrogen) atoms. The van der Waals surface area contributed by atoms with Crippen molar-refractivity contribution in [3.05, 3.63) is 0 Å². The molecule has 0 aromatic rings. The Kier molecular flexibility index (Phi) is 3.57. The van der Waals surface area contributed by atoms with E-state index in [1.165, 1.54) is 19.3 Å². The first kappa shape index (κ1) is 10.0. The highest BCUT2D eigenvalue weighted by Gasteiger charge is 2.33. The normalized spacial score (nSPS) is 38.5. The fourth-order valence-corrected chi connectivity index (χ4v) is 2.71. The van der Waals surface area contributed by atoms with E-state index in [-0.39, 0.29) is 0 Å². The van der Waals surface area contributed by atoms with Gasteiger partial charge in [0.1, 0.15) is 0 Å². The molecule has 1 aliphatic rings. The van der Waals surface area contributed by atoms with Gasteiger partial charge in [-0.05, 0) is 37.6 Å². The second-order valence-electron chi connectivity index (χ2n) is 4.38. The lowest BCUT2D eigenvalue weighted by molar-refractivity contribution is 0.267. The topological polar surface area (TPSA) is 12.0 Å². The summed E-state index contributed by atoms with van der Waals surface area (Å²) in [6.07, 6.45) is 4.15. The van der Waals surface area contributed by atoms with Crippen molar-refractivity contribution in [3.63, 3.8) is 0 Å². The van der Waals surface area contributed by atoms with Crippen LogP contribution in [0, 0.1) is 17.8 Å². The fourth-order valence-electron chi connectivity index (χ4n) is 2.71. The molecule has 0 aromatic carbocycles. The maximum Gasteiger partial charge on any atom is 0.00925 e. The predicted octanol–water partition coefficient (Wildman–Crippen LogP) is 2.67. The summed E-state index contributed by atoms with van der Waals surface area (Å²) in [6.45, 7) is 7.12. The zero-order chi connectivity index (χ0) is 9.14. The second-order valence-corrected chi connectivity index (χ2v) is 4.38. The van der Waals surface area contributed by atoms with Gasteiger partial charge < -0.3 is 5.32 Å². The zero-order valence-corrected chi connectivity index (χ0v) is 8.93. The van der Waals surface area contributed by atoms with Gasteiger partial charge in [0, 0.05) is 6.04 Å². The largest absolute Gasteiger partial charge is 0.317 e. The van der Waals surface area contributed by atoms with Crippen molar-refractivity contribution in [2.45, 2.75) is 46.1 Å². The van der Waals surface area contributed by atoms with Gasteiger partial charge in [-0.3, -0.25) is 0 Å². The lowest BCUT2D eigenvalue weighted by atomic mass is 9.83. The minimum absolute atomic E-state index is 0.781. The van der Waals surface area contributed by atoms with E-state index in [1.54, 1.807) is 0 Å². The quantitative estimate of drug-likeness (QED) is 0.685. The van der Waals surface area contributed by atoms with Crippen LogP contribution in [0.2, 0.25) is 0 Å². The highest BCUT2D eigenvalue weighted by molar-refractivity contribution is 4.87. The molecule has 0 bridgehead atoms. The number of hydrogen-bond acceptors (Lipinski definition) is 1. The van der Waals surface area contributed by atoms with Crippen molar-refractivity contribution in [1.82, 2.24) is 5.32 Å². The van der Waals surface area contributed by atoms with Gasteiger partial charge in [0.05, 0.1) is 0 Å². The Labute approximate surface area is 76.9 Å². The lowest BCUT2D eigenvalue weighted by Crippen LogP contribution is -2.30. The zero-order valence-electron chi connectivity index (χ0n) is 8.93. The van der Waals surface area contributed by atoms with Crippen molar-refractivity contribution in [2.75, 3.05) is 7.05 Å². The van der Waals surface area contributed by atoms with Gasteiger partial charge in [0.15, 0.2) is 0 Å². The number of rotatable bonds is 3. The van der Waals surface area contributed by atoms with Crippen LogP contribution in [0.1, 0.15) is 40.0 Å². The van der Waals surface area contributed by atoms with Crippen molar-refractivity contribution in [3.8, 4) is 0 Å². The van der Waals surface area contributed by atoms with Crippen LogP contribution in [0.25, 0.3) is 0 Å². The molecule has 0 saturated heterocycles. The summed E-state index contributed by atoms with van der Waals surface area (Å²) < 4.78 is 0. The van der Waals surface area contributed by atoms with Crippen LogP contribution in [-0.2, 0) is 0 Å². The molecule has 0 heterocycles. The second kappa shape index (κ2) is 4.27. The number of hydrogen-bond donors (Lipinski definition) is 1. The lowest BCUT2D eigenvalue weighted by Gasteiger charge is -2.24. The summed E-state index contributed by atoms with van der Waals surface area (Å²) in [7, 11) is 2.10. The Morgan fingerprint density at radius 2 is 2.08 bits per heavy atom. The standard InChI is InChI=1S/C11H23N/c1-5-8(2)10-6-7-11(12-4)9(10)3/h8-12H,5-7H2,1-4H3. The molecule has 72 valence electrons. The Morgan fingerprint density at radius 3 is 2.50 bits per heavy atom. The smallest absolute Gasteiger partial charge is 0.00925 e. The first-order chi connectivity index (χ1) is 5.70. The highest BCUT2D eigenvalue weighted by Crippen LogP contribution is 2.37. The predicted molar refractivity (Wildman–Crippen MR) is 54.2 cm³/mol. The molecule has 1 rings (SSSR count). The van der Waals surface area contributed by atoms with Crippen LogP contribution < -0.4 is 5.32 Å². The summed E-state index contributed by atoms with van der Waals surface area (Å²) >= 11 is 0. The van der Waals surface area contributed by atoms with E-state index in [9.17, 15) is 0 Å². The Hall–Kier alpha value is -0.0400. The Bertz CT molecular complexity index is 133. The fraction of sp³-hybridized carbons (Fsp3) is 1.00. The third-order valence-corrected chi connectivity index (χ3v) is 3.87. The molecule has 0 amide bonds. The van der Waals surface area contributed by atoms with Gasteiger partial charge in [0.2, 0.25) is 0 Å². The van der Waals surface area contributed by atoms with Crippen LogP contribution in [-0.4, -0.2) is 13.1 Å². The molecule has 0 radical (unpaired) electrons. The molecule has 1 aliphatic carbocycles. The third kappa shape index (κ3) is 1.82. The molecule has 0 spiro atoms. The number of nitrogens with one attached hydrogen (secondary N) is 1. The first-order valence-electron chi connectivity index (χ1n) is 5.38. The summed E-state index contributed by atoms with van der Waals surface area (Å²) in [4.78, 5) is 0. The molecule has 1 heteroatoms. The Morgan fingerprint density at radius 1 is 1.42 bits per heavy atom. The summed E-state index contributed by atoms with van der Waals surface area (Å²) in [5, 5.41) is 3.42. The van der Waals surface area contributed by atoms with Gasteiger partial charge in [-0.1, -0.05) is 27.2 Å². The van der Waals surface area contributed by atoms with Gasteiger partial charge in [-0.25, -0.2) is 0 Å². The highest BCUT2D eigenvalue weighted by atomic mass is 14.9. The van der Waals surface area contributed by atoms with Crippen LogP contribution in [0.4, 0.5) is 0 Å². The van der Waals surface area contributed by atoms with Gasteiger partial charge in [0.25, 0.3) is 0 Å². The summed E-state index contributed by atoms with van der Waals surface area (Å²) in [5.41, 5.74) is 0. The molecular formula is C11H23N. The van der Waals surface area contributed by atoms with Gasteiger partial charge in [-0.2, -0.15) is 0 Å². The van der Waals surface area contributed by atoms with E-state index < -0.39 is 0 Å². The third-order valence-electron chi connectivity index (χ3n) is 3.87. The van der Waals surface area contributed by atoms with E-state index in [0.29, 0.717) is 0 Å². The van der Waals surface area contributed by atoms with Crippen LogP contribution in [0.3, 0.4) is 0 Å². The van der Waals surface area contributed by atoms with E-state index in [1.807, 2.05) is 0 Å². The SMILES string of the molecule is CCC(C)C1CCC(NC)C1C. The van der Waals surface area contributed by atoms with Gasteiger partial charge in [-0.15, -0.1) is 0 Å². The minimum atomic E-state index is 0.781. The molecule has 1 fully saturated rings. The maximum absolute atomic E-state index is 3.42. The molecule has 4 atom stereocenters. The monoisotopic (exact) mass is 169 g/mol. The molecule has 1 N–H and O–H groups in total. The summed E-state index contributed by atoms with van der Waals surface area (Å²) in [6, 6.07) is 0.781. The molecule has 1 saturated carbocycles. The van der Waals surface area contributed by atoms with Crippen LogP contribution >= 0.6 is 0 Å². The van der Waals surface area contributed by atoms with Crippen molar-refractivity contribution >= 4 is 0 Å². The van der Waals surface area contributed by atoms with Crippen LogP contribution in [0.5, 0.6) is 0 Å². The van der Waals surface area contributed by atoms with E-state index in [2.05, 4.69) is 33.1 Å². The van der Waals surface area contributed by atoms with Crippen molar-refractivity contribution in [1.29, 1.82) is 0 Å². The van der Waals surface area contributed by atoms with E-state index >= 15 is 0 Å². The molecular weight excluding hydrogens is 146 g/mol. The molecule has 0 aromatic heterocycles. The average molecular weight is 169 g/mol. The molecule has 1 nitrogen and oxygen atoms in total. The average Bonchev–Trinajstić information content (AvgIpc) is 2.45. The van der Waals surface area contributed by atoms with E-state index in [4.69, 9.17) is 0 Å².